The number of aliphatic hydroxyl groups is 1. The standard InChI is InChI=1S/C12H12F3NO3/c13-12(14,15)8-2-3-9(10(6-8)16(18)19)11(7-17)4-1-5-11/h2-3,6,17H,1,4-5,7H2. The number of nitro groups is 1. The molecule has 104 valence electrons. The van der Waals surface area contributed by atoms with E-state index in [1.165, 1.54) is 0 Å². The predicted octanol–water partition coefficient (Wildman–Crippen LogP) is 3.03. The lowest BCUT2D eigenvalue weighted by Crippen LogP contribution is -2.38. The van der Waals surface area contributed by atoms with Crippen molar-refractivity contribution in [3.63, 3.8) is 0 Å². The molecule has 0 radical (unpaired) electrons. The molecule has 1 N–H and O–H groups in total. The second-order valence-corrected chi connectivity index (χ2v) is 4.78. The molecule has 7 heteroatoms. The number of rotatable bonds is 3. The van der Waals surface area contributed by atoms with Crippen molar-refractivity contribution in [1.29, 1.82) is 0 Å². The van der Waals surface area contributed by atoms with Crippen LogP contribution in [0.15, 0.2) is 18.2 Å². The Morgan fingerprint density at radius 1 is 1.37 bits per heavy atom. The third-order valence-corrected chi connectivity index (χ3v) is 3.71. The quantitative estimate of drug-likeness (QED) is 0.681. The first kappa shape index (κ1) is 13.8. The molecule has 0 saturated heterocycles. The zero-order valence-corrected chi connectivity index (χ0v) is 9.91. The van der Waals surface area contributed by atoms with E-state index in [2.05, 4.69) is 0 Å². The van der Waals surface area contributed by atoms with Crippen LogP contribution in [0.2, 0.25) is 0 Å². The molecule has 0 aliphatic heterocycles. The molecule has 4 nitrogen and oxygen atoms in total. The van der Waals surface area contributed by atoms with E-state index in [0.717, 1.165) is 18.6 Å². The van der Waals surface area contributed by atoms with Gasteiger partial charge in [0.1, 0.15) is 0 Å². The summed E-state index contributed by atoms with van der Waals surface area (Å²) in [6.45, 7) is -0.292. The van der Waals surface area contributed by atoms with Gasteiger partial charge in [-0.1, -0.05) is 12.5 Å². The highest BCUT2D eigenvalue weighted by Gasteiger charge is 2.43. The van der Waals surface area contributed by atoms with E-state index in [1.54, 1.807) is 0 Å². The lowest BCUT2D eigenvalue weighted by Gasteiger charge is -2.40. The second-order valence-electron chi connectivity index (χ2n) is 4.78. The van der Waals surface area contributed by atoms with Gasteiger partial charge in [0.05, 0.1) is 17.1 Å². The maximum absolute atomic E-state index is 12.6. The summed E-state index contributed by atoms with van der Waals surface area (Å²) >= 11 is 0. The zero-order chi connectivity index (χ0) is 14.3. The molecule has 0 atom stereocenters. The zero-order valence-electron chi connectivity index (χ0n) is 9.91. The van der Waals surface area contributed by atoms with Gasteiger partial charge in [-0.05, 0) is 18.9 Å². The summed E-state index contributed by atoms with van der Waals surface area (Å²) < 4.78 is 37.7. The van der Waals surface area contributed by atoms with Gasteiger partial charge in [-0.25, -0.2) is 0 Å². The topological polar surface area (TPSA) is 63.4 Å². The molecule has 0 amide bonds. The van der Waals surface area contributed by atoms with Crippen LogP contribution in [0.25, 0.3) is 0 Å². The average Bonchev–Trinajstić information content (AvgIpc) is 2.27. The minimum Gasteiger partial charge on any atom is -0.395 e. The molecule has 1 aromatic carbocycles. The van der Waals surface area contributed by atoms with Crippen LogP contribution in [0.1, 0.15) is 30.4 Å². The Morgan fingerprint density at radius 2 is 2.00 bits per heavy atom. The Hall–Kier alpha value is -1.63. The van der Waals surface area contributed by atoms with Crippen molar-refractivity contribution in [3.05, 3.63) is 39.4 Å². The molecular weight excluding hydrogens is 263 g/mol. The molecule has 0 spiro atoms. The minimum absolute atomic E-state index is 0.194. The van der Waals surface area contributed by atoms with Crippen LogP contribution in [0.3, 0.4) is 0 Å². The summed E-state index contributed by atoms with van der Waals surface area (Å²) in [6.07, 6.45) is -2.71. The monoisotopic (exact) mass is 275 g/mol. The maximum Gasteiger partial charge on any atom is 0.416 e. The molecule has 19 heavy (non-hydrogen) atoms. The van der Waals surface area contributed by atoms with E-state index in [9.17, 15) is 28.4 Å². The molecule has 1 aromatic rings. The van der Waals surface area contributed by atoms with Crippen LogP contribution in [0.4, 0.5) is 18.9 Å². The number of aliphatic hydroxyl groups excluding tert-OH is 1. The SMILES string of the molecule is O=[N+]([O-])c1cc(C(F)(F)F)ccc1C1(CO)CCC1. The van der Waals surface area contributed by atoms with Crippen molar-refractivity contribution in [2.75, 3.05) is 6.61 Å². The molecule has 2 rings (SSSR count). The summed E-state index contributed by atoms with van der Waals surface area (Å²) in [5.41, 5.74) is -2.18. The molecule has 1 saturated carbocycles. The predicted molar refractivity (Wildman–Crippen MR) is 60.7 cm³/mol. The van der Waals surface area contributed by atoms with Gasteiger partial charge in [0.25, 0.3) is 5.69 Å². The fourth-order valence-electron chi connectivity index (χ4n) is 2.42. The van der Waals surface area contributed by atoms with Gasteiger partial charge in [0, 0.05) is 17.0 Å². The first-order chi connectivity index (χ1) is 8.80. The number of alkyl halides is 3. The van der Waals surface area contributed by atoms with Gasteiger partial charge in [-0.2, -0.15) is 13.2 Å². The van der Waals surface area contributed by atoms with E-state index >= 15 is 0 Å². The van der Waals surface area contributed by atoms with Crippen molar-refractivity contribution >= 4 is 5.69 Å². The van der Waals surface area contributed by atoms with Crippen LogP contribution in [-0.4, -0.2) is 16.6 Å². The first-order valence-electron chi connectivity index (χ1n) is 5.77. The highest BCUT2D eigenvalue weighted by Crippen LogP contribution is 2.47. The number of benzene rings is 1. The second kappa shape index (κ2) is 4.48. The number of hydrogen-bond acceptors (Lipinski definition) is 3. The van der Waals surface area contributed by atoms with Crippen molar-refractivity contribution in [2.45, 2.75) is 30.9 Å². The van der Waals surface area contributed by atoms with Crippen LogP contribution >= 0.6 is 0 Å². The van der Waals surface area contributed by atoms with Crippen LogP contribution in [0.5, 0.6) is 0 Å². The highest BCUT2D eigenvalue weighted by atomic mass is 19.4. The molecule has 0 unspecified atom stereocenters. The fourth-order valence-corrected chi connectivity index (χ4v) is 2.42. The van der Waals surface area contributed by atoms with Crippen LogP contribution < -0.4 is 0 Å². The fraction of sp³-hybridized carbons (Fsp3) is 0.500. The van der Waals surface area contributed by atoms with Gasteiger partial charge >= 0.3 is 6.18 Å². The van der Waals surface area contributed by atoms with E-state index < -0.39 is 27.8 Å². The largest absolute Gasteiger partial charge is 0.416 e. The van der Waals surface area contributed by atoms with E-state index in [-0.39, 0.29) is 12.2 Å². The van der Waals surface area contributed by atoms with Gasteiger partial charge in [-0.3, -0.25) is 10.1 Å². The van der Waals surface area contributed by atoms with Gasteiger partial charge in [0.15, 0.2) is 0 Å². The van der Waals surface area contributed by atoms with E-state index in [0.29, 0.717) is 18.9 Å². The van der Waals surface area contributed by atoms with Crippen LogP contribution in [0, 0.1) is 10.1 Å². The van der Waals surface area contributed by atoms with Gasteiger partial charge in [0.2, 0.25) is 0 Å². The van der Waals surface area contributed by atoms with E-state index in [4.69, 9.17) is 0 Å². The molecule has 0 heterocycles. The van der Waals surface area contributed by atoms with Crippen LogP contribution in [-0.2, 0) is 11.6 Å². The number of halogens is 3. The number of nitrogens with zero attached hydrogens (tertiary/aromatic N) is 1. The van der Waals surface area contributed by atoms with Crippen molar-refractivity contribution < 1.29 is 23.2 Å². The number of nitro benzene ring substituents is 1. The lowest BCUT2D eigenvalue weighted by molar-refractivity contribution is -0.386. The smallest absolute Gasteiger partial charge is 0.395 e. The Balaban J connectivity index is 2.53. The minimum atomic E-state index is -4.62. The molecular formula is C12H12F3NO3. The Bertz CT molecular complexity index is 504. The molecule has 0 aromatic heterocycles. The van der Waals surface area contributed by atoms with Crippen molar-refractivity contribution in [1.82, 2.24) is 0 Å². The van der Waals surface area contributed by atoms with Crippen molar-refractivity contribution in [3.8, 4) is 0 Å². The lowest BCUT2D eigenvalue weighted by atomic mass is 9.64. The Morgan fingerprint density at radius 3 is 2.37 bits per heavy atom. The summed E-state index contributed by atoms with van der Waals surface area (Å²) in [5, 5.41) is 20.3. The Kier molecular flexibility index (Phi) is 3.25. The normalized spacial score (nSPS) is 17.9. The molecule has 1 fully saturated rings. The summed E-state index contributed by atoms with van der Waals surface area (Å²) in [4.78, 5) is 10.1. The summed E-state index contributed by atoms with van der Waals surface area (Å²) in [5.74, 6) is 0. The van der Waals surface area contributed by atoms with Crippen molar-refractivity contribution in [2.24, 2.45) is 0 Å². The molecule has 1 aliphatic rings. The van der Waals surface area contributed by atoms with E-state index in [1.807, 2.05) is 0 Å². The average molecular weight is 275 g/mol. The summed E-state index contributed by atoms with van der Waals surface area (Å²) in [6, 6.07) is 2.50. The summed E-state index contributed by atoms with van der Waals surface area (Å²) in [7, 11) is 0. The Labute approximate surface area is 107 Å². The third-order valence-electron chi connectivity index (χ3n) is 3.71. The third kappa shape index (κ3) is 2.30. The molecule has 1 aliphatic carbocycles. The van der Waals surface area contributed by atoms with Gasteiger partial charge in [-0.15, -0.1) is 0 Å². The van der Waals surface area contributed by atoms with Gasteiger partial charge < -0.3 is 5.11 Å². The first-order valence-corrected chi connectivity index (χ1v) is 5.77. The number of hydrogen-bond donors (Lipinski definition) is 1. The highest BCUT2D eigenvalue weighted by molar-refractivity contribution is 5.49. The maximum atomic E-state index is 12.6. The molecule has 0 bridgehead atoms.